The van der Waals surface area contributed by atoms with Gasteiger partial charge in [-0.1, -0.05) is 15.9 Å². The fourth-order valence-electron chi connectivity index (χ4n) is 3.88. The van der Waals surface area contributed by atoms with E-state index in [1.807, 2.05) is 19.9 Å². The number of halogens is 1. The van der Waals surface area contributed by atoms with E-state index >= 15 is 0 Å². The van der Waals surface area contributed by atoms with E-state index in [0.717, 1.165) is 15.6 Å². The zero-order valence-corrected chi connectivity index (χ0v) is 18.1. The van der Waals surface area contributed by atoms with Gasteiger partial charge in [-0.25, -0.2) is 4.98 Å². The molecule has 1 aromatic carbocycles. The van der Waals surface area contributed by atoms with E-state index in [9.17, 15) is 4.79 Å². The number of hydrogen-bond donors (Lipinski definition) is 1. The summed E-state index contributed by atoms with van der Waals surface area (Å²) in [7, 11) is 0. The van der Waals surface area contributed by atoms with E-state index in [0.29, 0.717) is 46.8 Å². The molecule has 0 bridgehead atoms. The summed E-state index contributed by atoms with van der Waals surface area (Å²) in [6.45, 7) is 4.43. The number of pyridine rings is 1. The lowest BCUT2D eigenvalue weighted by Crippen LogP contribution is -2.32. The molecule has 0 fully saturated rings. The number of nitrogens with zero attached hydrogens (tertiary/aromatic N) is 1. The number of carbonyl (C=O) groups is 1. The van der Waals surface area contributed by atoms with Gasteiger partial charge in [0, 0.05) is 22.0 Å². The van der Waals surface area contributed by atoms with Crippen molar-refractivity contribution in [3.63, 3.8) is 0 Å². The van der Waals surface area contributed by atoms with Crippen LogP contribution < -0.4 is 5.73 Å². The van der Waals surface area contributed by atoms with Crippen molar-refractivity contribution in [3.8, 4) is 11.5 Å². The highest BCUT2D eigenvalue weighted by Gasteiger charge is 2.34. The number of ketones is 1. The molecule has 0 aliphatic carbocycles. The molecule has 1 aliphatic heterocycles. The molecule has 4 aromatic rings. The average molecular weight is 467 g/mol. The first-order valence-corrected chi connectivity index (χ1v) is 10.4. The van der Waals surface area contributed by atoms with Crippen molar-refractivity contribution in [1.82, 2.24) is 4.98 Å². The third-order valence-corrected chi connectivity index (χ3v) is 5.90. The second-order valence-corrected chi connectivity index (χ2v) is 8.90. The number of carbonyl (C=O) groups excluding carboxylic acids is 1. The Bertz CT molecular complexity index is 1270. The number of rotatable bonds is 3. The van der Waals surface area contributed by atoms with Crippen molar-refractivity contribution in [3.05, 3.63) is 69.6 Å². The molecule has 6 nitrogen and oxygen atoms in total. The van der Waals surface area contributed by atoms with E-state index in [1.54, 1.807) is 36.6 Å². The van der Waals surface area contributed by atoms with Gasteiger partial charge in [-0.2, -0.15) is 0 Å². The molecule has 2 N–H and O–H groups in total. The van der Waals surface area contributed by atoms with Crippen LogP contribution in [0.2, 0.25) is 0 Å². The molecule has 4 heterocycles. The number of anilines is 1. The van der Waals surface area contributed by atoms with Crippen LogP contribution in [0.5, 0.6) is 0 Å². The Balaban J connectivity index is 1.74. The number of aromatic nitrogens is 1. The maximum atomic E-state index is 13.1. The molecule has 0 atom stereocenters. The summed E-state index contributed by atoms with van der Waals surface area (Å²) < 4.78 is 18.4. The summed E-state index contributed by atoms with van der Waals surface area (Å²) in [6.07, 6.45) is 2.21. The third-order valence-electron chi connectivity index (χ3n) is 5.37. The number of nitrogens with two attached hydrogens (primary N) is 1. The molecule has 30 heavy (non-hydrogen) atoms. The minimum Gasteiger partial charge on any atom is -0.463 e. The average Bonchev–Trinajstić information content (AvgIpc) is 3.35. The largest absolute Gasteiger partial charge is 0.463 e. The van der Waals surface area contributed by atoms with Crippen LogP contribution in [-0.4, -0.2) is 16.4 Å². The quantitative estimate of drug-likeness (QED) is 0.400. The molecule has 0 spiro atoms. The Hall–Kier alpha value is -2.90. The van der Waals surface area contributed by atoms with Crippen molar-refractivity contribution < 1.29 is 18.4 Å². The molecular weight excluding hydrogens is 448 g/mol. The van der Waals surface area contributed by atoms with Crippen LogP contribution in [0, 0.1) is 0 Å². The van der Waals surface area contributed by atoms with Gasteiger partial charge in [0.2, 0.25) is 17.3 Å². The lowest BCUT2D eigenvalue weighted by molar-refractivity contribution is -0.0395. The van der Waals surface area contributed by atoms with Gasteiger partial charge in [-0.05, 0) is 55.8 Å². The normalized spacial score (nSPS) is 15.3. The van der Waals surface area contributed by atoms with Crippen LogP contribution in [0.1, 0.15) is 41.1 Å². The highest BCUT2D eigenvalue weighted by atomic mass is 79.9. The number of furan rings is 2. The summed E-state index contributed by atoms with van der Waals surface area (Å²) in [5, 5.41) is 0.678. The summed E-state index contributed by atoms with van der Waals surface area (Å²) in [5.41, 5.74) is 9.76. The smallest absolute Gasteiger partial charge is 0.230 e. The van der Waals surface area contributed by atoms with Crippen LogP contribution in [0.15, 0.2) is 56.0 Å². The Labute approximate surface area is 181 Å². The van der Waals surface area contributed by atoms with Crippen LogP contribution in [0.4, 0.5) is 5.69 Å². The van der Waals surface area contributed by atoms with Crippen LogP contribution in [0.25, 0.3) is 22.6 Å². The molecule has 7 heteroatoms. The third kappa shape index (κ3) is 3.05. The SMILES string of the molecule is CC1(C)Cc2c(c(-c3ccco3)nc3oc(C(=O)c4ccc(Br)cc4)c(N)c23)CO1. The van der Waals surface area contributed by atoms with Crippen molar-refractivity contribution >= 4 is 38.5 Å². The zero-order chi connectivity index (χ0) is 21.0. The number of fused-ring (bicyclic) bond motifs is 3. The lowest BCUT2D eigenvalue weighted by Gasteiger charge is -2.32. The number of benzene rings is 1. The molecular formula is C23H19BrN2O4. The van der Waals surface area contributed by atoms with Crippen LogP contribution in [0.3, 0.4) is 0 Å². The van der Waals surface area contributed by atoms with Gasteiger partial charge in [-0.3, -0.25) is 4.79 Å². The Kier molecular flexibility index (Phi) is 4.34. The number of nitrogen functional groups attached to an aromatic ring is 1. The molecule has 0 saturated heterocycles. The lowest BCUT2D eigenvalue weighted by atomic mass is 9.88. The summed E-state index contributed by atoms with van der Waals surface area (Å²) in [5.74, 6) is 0.438. The van der Waals surface area contributed by atoms with Gasteiger partial charge in [0.25, 0.3) is 0 Å². The standard InChI is InChI=1S/C23H19BrN2O4/c1-23(2)10-14-15(11-29-23)19(16-4-3-9-28-16)26-22-17(14)18(25)21(30-22)20(27)12-5-7-13(24)8-6-12/h3-9H,10-11,25H2,1-2H3. The van der Waals surface area contributed by atoms with E-state index in [4.69, 9.17) is 19.3 Å². The minimum absolute atomic E-state index is 0.0999. The van der Waals surface area contributed by atoms with E-state index in [2.05, 4.69) is 20.9 Å². The molecule has 0 radical (unpaired) electrons. The van der Waals surface area contributed by atoms with Crippen molar-refractivity contribution in [2.45, 2.75) is 32.5 Å². The van der Waals surface area contributed by atoms with E-state index < -0.39 is 0 Å². The van der Waals surface area contributed by atoms with Gasteiger partial charge in [0.1, 0.15) is 5.69 Å². The van der Waals surface area contributed by atoms with E-state index in [-0.39, 0.29) is 17.1 Å². The molecule has 3 aromatic heterocycles. The zero-order valence-electron chi connectivity index (χ0n) is 16.5. The summed E-state index contributed by atoms with van der Waals surface area (Å²) >= 11 is 3.38. The number of hydrogen-bond acceptors (Lipinski definition) is 6. The second kappa shape index (κ2) is 6.82. The van der Waals surface area contributed by atoms with Gasteiger partial charge in [-0.15, -0.1) is 0 Å². The molecule has 0 amide bonds. The van der Waals surface area contributed by atoms with Crippen molar-refractivity contribution in [1.29, 1.82) is 0 Å². The van der Waals surface area contributed by atoms with Gasteiger partial charge < -0.3 is 19.3 Å². The molecule has 5 rings (SSSR count). The van der Waals surface area contributed by atoms with Gasteiger partial charge in [0.05, 0.1) is 29.5 Å². The first-order valence-electron chi connectivity index (χ1n) is 9.56. The highest BCUT2D eigenvalue weighted by Crippen LogP contribution is 2.42. The monoisotopic (exact) mass is 466 g/mol. The molecule has 0 unspecified atom stereocenters. The molecule has 152 valence electrons. The van der Waals surface area contributed by atoms with Crippen molar-refractivity contribution in [2.75, 3.05) is 5.73 Å². The summed E-state index contributed by atoms with van der Waals surface area (Å²) in [6, 6.07) is 10.7. The molecule has 1 aliphatic rings. The fraction of sp³-hybridized carbons (Fsp3) is 0.217. The Morgan fingerprint density at radius 2 is 1.93 bits per heavy atom. The first kappa shape index (κ1) is 19.1. The van der Waals surface area contributed by atoms with Crippen molar-refractivity contribution in [2.24, 2.45) is 0 Å². The number of ether oxygens (including phenoxy) is 1. The summed E-state index contributed by atoms with van der Waals surface area (Å²) in [4.78, 5) is 17.8. The maximum Gasteiger partial charge on any atom is 0.230 e. The second-order valence-electron chi connectivity index (χ2n) is 7.98. The van der Waals surface area contributed by atoms with Crippen LogP contribution >= 0.6 is 15.9 Å². The van der Waals surface area contributed by atoms with Crippen LogP contribution in [-0.2, 0) is 17.8 Å². The minimum atomic E-state index is -0.374. The molecule has 0 saturated carbocycles. The fourth-order valence-corrected chi connectivity index (χ4v) is 4.14. The Morgan fingerprint density at radius 1 is 1.17 bits per heavy atom. The van der Waals surface area contributed by atoms with Gasteiger partial charge >= 0.3 is 0 Å². The maximum absolute atomic E-state index is 13.1. The predicted octanol–water partition coefficient (Wildman–Crippen LogP) is 5.51. The topological polar surface area (TPSA) is 91.5 Å². The highest BCUT2D eigenvalue weighted by molar-refractivity contribution is 9.10. The van der Waals surface area contributed by atoms with E-state index in [1.165, 1.54) is 0 Å². The first-order chi connectivity index (χ1) is 14.3. The predicted molar refractivity (Wildman–Crippen MR) is 116 cm³/mol. The van der Waals surface area contributed by atoms with Gasteiger partial charge in [0.15, 0.2) is 5.76 Å². The Morgan fingerprint density at radius 3 is 2.63 bits per heavy atom.